The van der Waals surface area contributed by atoms with E-state index in [0.29, 0.717) is 35.5 Å². The lowest BCUT2D eigenvalue weighted by atomic mass is 9.95. The summed E-state index contributed by atoms with van der Waals surface area (Å²) in [4.78, 5) is 12.3. The number of fused-ring (bicyclic) bond motifs is 2. The highest BCUT2D eigenvalue weighted by molar-refractivity contribution is 7.92. The van der Waals surface area contributed by atoms with E-state index in [1.165, 1.54) is 29.8 Å². The maximum Gasteiger partial charge on any atom is 0.232 e. The first-order valence-corrected chi connectivity index (χ1v) is 11.5. The number of hydrogen-bond donors (Lipinski definition) is 1. The summed E-state index contributed by atoms with van der Waals surface area (Å²) < 4.78 is 25.8. The molecule has 2 fully saturated rings. The van der Waals surface area contributed by atoms with Gasteiger partial charge in [0.05, 0.1) is 11.9 Å². The molecule has 3 rings (SSSR count). The van der Waals surface area contributed by atoms with Crippen molar-refractivity contribution in [3.8, 4) is 0 Å². The molecular weight excluding hydrogens is 372 g/mol. The Morgan fingerprint density at radius 2 is 2.08 bits per heavy atom. The summed E-state index contributed by atoms with van der Waals surface area (Å²) in [6, 6.07) is 5.52. The van der Waals surface area contributed by atoms with Crippen molar-refractivity contribution in [2.75, 3.05) is 17.1 Å². The number of amides is 1. The van der Waals surface area contributed by atoms with Gasteiger partial charge in [-0.1, -0.05) is 24.1 Å². The molecule has 2 aliphatic carbocycles. The first kappa shape index (κ1) is 19.5. The van der Waals surface area contributed by atoms with Crippen molar-refractivity contribution >= 4 is 33.2 Å². The lowest BCUT2D eigenvalue weighted by Crippen LogP contribution is -2.39. The molecule has 2 saturated carbocycles. The number of rotatable bonds is 7. The second-order valence-corrected chi connectivity index (χ2v) is 10.1. The maximum absolute atomic E-state index is 12.3. The minimum Gasteiger partial charge on any atom is -0.353 e. The number of anilines is 1. The summed E-state index contributed by atoms with van der Waals surface area (Å²) in [6.07, 6.45) is 6.88. The average Bonchev–Trinajstić information content (AvgIpc) is 3.16. The molecule has 26 heavy (non-hydrogen) atoms. The van der Waals surface area contributed by atoms with E-state index >= 15 is 0 Å². The summed E-state index contributed by atoms with van der Waals surface area (Å²) in [5.74, 6) is 1.46. The van der Waals surface area contributed by atoms with Gasteiger partial charge in [-0.05, 0) is 62.1 Å². The van der Waals surface area contributed by atoms with Crippen LogP contribution in [0.15, 0.2) is 18.2 Å². The molecule has 0 heterocycles. The summed E-state index contributed by atoms with van der Waals surface area (Å²) in [5, 5.41) is 3.65. The van der Waals surface area contributed by atoms with E-state index in [1.807, 2.05) is 6.92 Å². The molecule has 1 amide bonds. The predicted octanol–water partition coefficient (Wildman–Crippen LogP) is 3.50. The molecule has 0 unspecified atom stereocenters. The first-order chi connectivity index (χ1) is 12.2. The molecule has 2 bridgehead atoms. The zero-order chi connectivity index (χ0) is 18.9. The van der Waals surface area contributed by atoms with E-state index in [-0.39, 0.29) is 12.5 Å². The largest absolute Gasteiger partial charge is 0.353 e. The van der Waals surface area contributed by atoms with Crippen LogP contribution in [0, 0.1) is 18.8 Å². The molecule has 0 saturated heterocycles. The monoisotopic (exact) mass is 398 g/mol. The van der Waals surface area contributed by atoms with Gasteiger partial charge in [0.2, 0.25) is 15.9 Å². The van der Waals surface area contributed by atoms with Crippen LogP contribution in [0.3, 0.4) is 0 Å². The molecule has 2 aliphatic rings. The summed E-state index contributed by atoms with van der Waals surface area (Å²) in [7, 11) is -3.44. The van der Waals surface area contributed by atoms with Crippen LogP contribution in [0.4, 0.5) is 5.69 Å². The minimum absolute atomic E-state index is 0.0267. The van der Waals surface area contributed by atoms with Gasteiger partial charge >= 0.3 is 0 Å². The van der Waals surface area contributed by atoms with Gasteiger partial charge < -0.3 is 5.32 Å². The van der Waals surface area contributed by atoms with Crippen LogP contribution >= 0.6 is 11.6 Å². The van der Waals surface area contributed by atoms with Gasteiger partial charge in [0.1, 0.15) is 0 Å². The lowest BCUT2D eigenvalue weighted by molar-refractivity contribution is -0.122. The summed E-state index contributed by atoms with van der Waals surface area (Å²) >= 11 is 6.04. The predicted molar refractivity (Wildman–Crippen MR) is 105 cm³/mol. The van der Waals surface area contributed by atoms with Crippen molar-refractivity contribution < 1.29 is 13.2 Å². The molecule has 1 aromatic rings. The number of carbonyl (C=O) groups excluding carboxylic acids is 1. The smallest absolute Gasteiger partial charge is 0.232 e. The number of aryl methyl sites for hydroxylation is 1. The number of nitrogens with zero attached hydrogens (tertiary/aromatic N) is 1. The Kier molecular flexibility index (Phi) is 5.82. The Balaban J connectivity index is 1.57. The maximum atomic E-state index is 12.3. The van der Waals surface area contributed by atoms with E-state index in [4.69, 9.17) is 11.6 Å². The second kappa shape index (κ2) is 7.77. The minimum atomic E-state index is -3.44. The third-order valence-corrected chi connectivity index (χ3v) is 7.10. The molecule has 7 heteroatoms. The van der Waals surface area contributed by atoms with E-state index in [9.17, 15) is 13.2 Å². The molecule has 1 aromatic carbocycles. The molecule has 0 aliphatic heterocycles. The van der Waals surface area contributed by atoms with Gasteiger partial charge in [0.15, 0.2) is 0 Å². The van der Waals surface area contributed by atoms with E-state index in [1.54, 1.807) is 18.2 Å². The van der Waals surface area contributed by atoms with Crippen LogP contribution in [0.1, 0.15) is 44.1 Å². The number of sulfonamides is 1. The topological polar surface area (TPSA) is 66.5 Å². The van der Waals surface area contributed by atoms with Crippen molar-refractivity contribution in [3.05, 3.63) is 28.8 Å². The van der Waals surface area contributed by atoms with Crippen molar-refractivity contribution in [2.45, 2.75) is 51.5 Å². The highest BCUT2D eigenvalue weighted by Crippen LogP contribution is 2.44. The standard InChI is InChI=1S/C19H27ClN2O3S/c1-13-5-8-16(20)12-18(13)22(26(2,24)25)9-3-4-19(23)21-17-11-14-6-7-15(17)10-14/h5,8,12,14-15,17H,3-4,6-7,9-11H2,1-2H3,(H,21,23)/t14-,15-,17-/m0/s1. The Morgan fingerprint density at radius 3 is 2.69 bits per heavy atom. The van der Waals surface area contributed by atoms with Gasteiger partial charge in [0, 0.05) is 24.0 Å². The van der Waals surface area contributed by atoms with Gasteiger partial charge in [-0.2, -0.15) is 0 Å². The van der Waals surface area contributed by atoms with E-state index in [2.05, 4.69) is 5.32 Å². The van der Waals surface area contributed by atoms with Crippen LogP contribution in [0.5, 0.6) is 0 Å². The fourth-order valence-corrected chi connectivity index (χ4v) is 5.58. The van der Waals surface area contributed by atoms with E-state index in [0.717, 1.165) is 17.9 Å². The molecule has 1 N–H and O–H groups in total. The highest BCUT2D eigenvalue weighted by Gasteiger charge is 2.39. The Hall–Kier alpha value is -1.27. The molecule has 0 spiro atoms. The van der Waals surface area contributed by atoms with E-state index < -0.39 is 10.0 Å². The molecule has 144 valence electrons. The van der Waals surface area contributed by atoms with Gasteiger partial charge in [0.25, 0.3) is 0 Å². The third kappa shape index (κ3) is 4.52. The Labute approximate surface area is 161 Å². The average molecular weight is 399 g/mol. The normalized spacial score (nSPS) is 24.7. The van der Waals surface area contributed by atoms with Crippen molar-refractivity contribution in [2.24, 2.45) is 11.8 Å². The number of benzene rings is 1. The third-order valence-electron chi connectivity index (χ3n) is 5.69. The van der Waals surface area contributed by atoms with Crippen molar-refractivity contribution in [1.82, 2.24) is 5.32 Å². The highest BCUT2D eigenvalue weighted by atomic mass is 35.5. The zero-order valence-electron chi connectivity index (χ0n) is 15.4. The fourth-order valence-electron chi connectivity index (χ4n) is 4.40. The van der Waals surface area contributed by atoms with Crippen LogP contribution in [0.25, 0.3) is 0 Å². The number of nitrogens with one attached hydrogen (secondary N) is 1. The van der Waals surface area contributed by atoms with Crippen molar-refractivity contribution in [3.63, 3.8) is 0 Å². The van der Waals surface area contributed by atoms with Crippen LogP contribution in [-0.2, 0) is 14.8 Å². The van der Waals surface area contributed by atoms with Crippen molar-refractivity contribution in [1.29, 1.82) is 0 Å². The molecule has 5 nitrogen and oxygen atoms in total. The second-order valence-electron chi connectivity index (χ2n) is 7.72. The van der Waals surface area contributed by atoms with Crippen LogP contribution in [0.2, 0.25) is 5.02 Å². The van der Waals surface area contributed by atoms with Gasteiger partial charge in [-0.3, -0.25) is 9.10 Å². The number of halogens is 1. The molecular formula is C19H27ClN2O3S. The molecule has 0 radical (unpaired) electrons. The fraction of sp³-hybridized carbons (Fsp3) is 0.632. The lowest BCUT2D eigenvalue weighted by Gasteiger charge is -2.25. The summed E-state index contributed by atoms with van der Waals surface area (Å²) in [6.45, 7) is 2.12. The first-order valence-electron chi connectivity index (χ1n) is 9.27. The van der Waals surface area contributed by atoms with Crippen LogP contribution in [-0.4, -0.2) is 33.2 Å². The Morgan fingerprint density at radius 1 is 1.31 bits per heavy atom. The quantitative estimate of drug-likeness (QED) is 0.764. The molecule has 3 atom stereocenters. The number of carbonyl (C=O) groups is 1. The number of hydrogen-bond acceptors (Lipinski definition) is 3. The van der Waals surface area contributed by atoms with Gasteiger partial charge in [-0.15, -0.1) is 0 Å². The zero-order valence-corrected chi connectivity index (χ0v) is 16.9. The Bertz CT molecular complexity index is 781. The molecule has 0 aromatic heterocycles. The van der Waals surface area contributed by atoms with Crippen LogP contribution < -0.4 is 9.62 Å². The SMILES string of the molecule is Cc1ccc(Cl)cc1N(CCCC(=O)N[C@H]1C[C@H]2CC[C@H]1C2)S(C)(=O)=O. The van der Waals surface area contributed by atoms with Gasteiger partial charge in [-0.25, -0.2) is 8.42 Å². The summed E-state index contributed by atoms with van der Waals surface area (Å²) in [5.41, 5.74) is 1.42.